The Morgan fingerprint density at radius 1 is 1.38 bits per heavy atom. The van der Waals surface area contributed by atoms with Crippen LogP contribution in [0.15, 0.2) is 0 Å². The molecule has 0 unspecified atom stereocenters. The molecule has 13 heavy (non-hydrogen) atoms. The van der Waals surface area contributed by atoms with Crippen LogP contribution in [0.5, 0.6) is 0 Å². The van der Waals surface area contributed by atoms with E-state index in [4.69, 9.17) is 9.84 Å². The highest BCUT2D eigenvalue weighted by Crippen LogP contribution is 2.18. The minimum Gasteiger partial charge on any atom is -0.392 e. The Bertz CT molecular complexity index is 140. The van der Waals surface area contributed by atoms with Crippen LogP contribution in [0.3, 0.4) is 0 Å². The number of nitrogens with one attached hydrogen (secondary N) is 1. The summed E-state index contributed by atoms with van der Waals surface area (Å²) in [6, 6.07) is 0.508. The summed E-state index contributed by atoms with van der Waals surface area (Å²) in [5.41, 5.74) is 0. The molecule has 0 spiro atoms. The Hall–Kier alpha value is -0.120. The van der Waals surface area contributed by atoms with Crippen LogP contribution in [0.2, 0.25) is 0 Å². The van der Waals surface area contributed by atoms with Crippen molar-refractivity contribution in [3.8, 4) is 0 Å². The number of hydrogen-bond donors (Lipinski definition) is 2. The zero-order chi connectivity index (χ0) is 9.84. The fraction of sp³-hybridized carbons (Fsp3) is 1.00. The van der Waals surface area contributed by atoms with E-state index in [2.05, 4.69) is 19.2 Å². The third-order valence-corrected chi connectivity index (χ3v) is 2.40. The first-order valence-electron chi connectivity index (χ1n) is 5.15. The minimum atomic E-state index is -0.256. The van der Waals surface area contributed by atoms with Crippen molar-refractivity contribution in [3.63, 3.8) is 0 Å². The molecule has 2 N–H and O–H groups in total. The van der Waals surface area contributed by atoms with Crippen molar-refractivity contribution in [3.05, 3.63) is 0 Å². The standard InChI is InChI=1S/C10H21NO2/c1-7(12)6-11-10-4-8(2)13-9(3)5-10/h7-12H,4-6H2,1-3H3/t7-,8-,9-/m0/s1. The molecule has 0 aromatic heterocycles. The van der Waals surface area contributed by atoms with Gasteiger partial charge in [0.05, 0.1) is 18.3 Å². The summed E-state index contributed by atoms with van der Waals surface area (Å²) in [5, 5.41) is 12.5. The number of aliphatic hydroxyl groups is 1. The average molecular weight is 187 g/mol. The molecule has 1 heterocycles. The third-order valence-electron chi connectivity index (χ3n) is 2.40. The van der Waals surface area contributed by atoms with E-state index in [1.54, 1.807) is 6.92 Å². The van der Waals surface area contributed by atoms with Gasteiger partial charge in [-0.3, -0.25) is 0 Å². The Kier molecular flexibility index (Phi) is 4.16. The molecule has 1 saturated heterocycles. The van der Waals surface area contributed by atoms with E-state index in [0.29, 0.717) is 24.8 Å². The third kappa shape index (κ3) is 4.07. The van der Waals surface area contributed by atoms with E-state index in [1.807, 2.05) is 0 Å². The van der Waals surface area contributed by atoms with Crippen molar-refractivity contribution in [2.24, 2.45) is 0 Å². The summed E-state index contributed by atoms with van der Waals surface area (Å²) in [6.07, 6.45) is 2.53. The van der Waals surface area contributed by atoms with Crippen LogP contribution < -0.4 is 5.32 Å². The van der Waals surface area contributed by atoms with Gasteiger partial charge in [0, 0.05) is 12.6 Å². The predicted molar refractivity (Wildman–Crippen MR) is 52.7 cm³/mol. The van der Waals surface area contributed by atoms with Crippen LogP contribution in [-0.2, 0) is 4.74 Å². The van der Waals surface area contributed by atoms with Crippen LogP contribution in [-0.4, -0.2) is 36.0 Å². The maximum Gasteiger partial charge on any atom is 0.0636 e. The molecule has 3 nitrogen and oxygen atoms in total. The molecule has 3 atom stereocenters. The van der Waals surface area contributed by atoms with Crippen molar-refractivity contribution >= 4 is 0 Å². The highest BCUT2D eigenvalue weighted by atomic mass is 16.5. The second-order valence-corrected chi connectivity index (χ2v) is 4.18. The lowest BCUT2D eigenvalue weighted by molar-refractivity contribution is -0.0431. The van der Waals surface area contributed by atoms with E-state index in [1.165, 1.54) is 0 Å². The van der Waals surface area contributed by atoms with E-state index in [9.17, 15) is 0 Å². The van der Waals surface area contributed by atoms with Gasteiger partial charge in [-0.05, 0) is 33.6 Å². The molecule has 0 aromatic carbocycles. The van der Waals surface area contributed by atoms with Gasteiger partial charge in [-0.15, -0.1) is 0 Å². The van der Waals surface area contributed by atoms with Crippen LogP contribution in [0.4, 0.5) is 0 Å². The molecule has 0 radical (unpaired) electrons. The highest BCUT2D eigenvalue weighted by molar-refractivity contribution is 4.78. The first-order valence-corrected chi connectivity index (χ1v) is 5.15. The van der Waals surface area contributed by atoms with Crippen molar-refractivity contribution in [1.29, 1.82) is 0 Å². The fourth-order valence-corrected chi connectivity index (χ4v) is 1.91. The van der Waals surface area contributed by atoms with Gasteiger partial charge < -0.3 is 15.2 Å². The molecular weight excluding hydrogens is 166 g/mol. The van der Waals surface area contributed by atoms with Gasteiger partial charge in [0.1, 0.15) is 0 Å². The molecule has 1 aliphatic rings. The van der Waals surface area contributed by atoms with E-state index in [-0.39, 0.29) is 6.10 Å². The first kappa shape index (κ1) is 11.0. The number of hydrogen-bond acceptors (Lipinski definition) is 3. The number of rotatable bonds is 3. The van der Waals surface area contributed by atoms with Gasteiger partial charge in [0.2, 0.25) is 0 Å². The van der Waals surface area contributed by atoms with Gasteiger partial charge in [-0.1, -0.05) is 0 Å². The summed E-state index contributed by atoms with van der Waals surface area (Å²) >= 11 is 0. The molecule has 0 aromatic rings. The van der Waals surface area contributed by atoms with Crippen molar-refractivity contribution in [1.82, 2.24) is 5.32 Å². The summed E-state index contributed by atoms with van der Waals surface area (Å²) < 4.78 is 5.62. The molecule has 0 amide bonds. The topological polar surface area (TPSA) is 41.5 Å². The van der Waals surface area contributed by atoms with Crippen molar-refractivity contribution in [2.75, 3.05) is 6.54 Å². The second kappa shape index (κ2) is 4.94. The fourth-order valence-electron chi connectivity index (χ4n) is 1.91. The van der Waals surface area contributed by atoms with Gasteiger partial charge >= 0.3 is 0 Å². The van der Waals surface area contributed by atoms with Crippen LogP contribution in [0.25, 0.3) is 0 Å². The molecule has 1 fully saturated rings. The lowest BCUT2D eigenvalue weighted by atomic mass is 10.00. The Labute approximate surface area is 80.5 Å². The van der Waals surface area contributed by atoms with Crippen LogP contribution >= 0.6 is 0 Å². The zero-order valence-corrected chi connectivity index (χ0v) is 8.79. The first-order chi connectivity index (χ1) is 6.08. The van der Waals surface area contributed by atoms with Gasteiger partial charge in [-0.2, -0.15) is 0 Å². The van der Waals surface area contributed by atoms with E-state index in [0.717, 1.165) is 12.8 Å². The molecule has 0 aliphatic carbocycles. The van der Waals surface area contributed by atoms with Crippen LogP contribution in [0.1, 0.15) is 33.6 Å². The number of ether oxygens (including phenoxy) is 1. The lowest BCUT2D eigenvalue weighted by Gasteiger charge is -2.32. The van der Waals surface area contributed by atoms with Gasteiger partial charge in [0.15, 0.2) is 0 Å². The molecule has 0 saturated carbocycles. The van der Waals surface area contributed by atoms with Crippen molar-refractivity contribution in [2.45, 2.75) is 58.0 Å². The van der Waals surface area contributed by atoms with Crippen LogP contribution in [0, 0.1) is 0 Å². The monoisotopic (exact) mass is 187 g/mol. The zero-order valence-electron chi connectivity index (χ0n) is 8.79. The highest BCUT2D eigenvalue weighted by Gasteiger charge is 2.23. The Morgan fingerprint density at radius 3 is 2.38 bits per heavy atom. The minimum absolute atomic E-state index is 0.256. The Balaban J connectivity index is 2.25. The van der Waals surface area contributed by atoms with Gasteiger partial charge in [-0.25, -0.2) is 0 Å². The predicted octanol–water partition coefficient (Wildman–Crippen LogP) is 0.913. The summed E-state index contributed by atoms with van der Waals surface area (Å²) in [5.74, 6) is 0. The van der Waals surface area contributed by atoms with E-state index < -0.39 is 0 Å². The molecule has 1 rings (SSSR count). The quantitative estimate of drug-likeness (QED) is 0.690. The second-order valence-electron chi connectivity index (χ2n) is 4.18. The smallest absolute Gasteiger partial charge is 0.0636 e. The maximum absolute atomic E-state index is 9.12. The summed E-state index contributed by atoms with van der Waals surface area (Å²) in [7, 11) is 0. The molecule has 1 aliphatic heterocycles. The maximum atomic E-state index is 9.12. The largest absolute Gasteiger partial charge is 0.392 e. The molecule has 3 heteroatoms. The number of aliphatic hydroxyl groups excluding tert-OH is 1. The lowest BCUT2D eigenvalue weighted by Crippen LogP contribution is -2.43. The SMILES string of the molecule is C[C@H](O)CNC1C[C@H](C)O[C@@H](C)C1. The normalized spacial score (nSPS) is 37.4. The molecule has 0 bridgehead atoms. The summed E-state index contributed by atoms with van der Waals surface area (Å²) in [4.78, 5) is 0. The summed E-state index contributed by atoms with van der Waals surface area (Å²) in [6.45, 7) is 6.70. The van der Waals surface area contributed by atoms with Gasteiger partial charge in [0.25, 0.3) is 0 Å². The molecule has 78 valence electrons. The molecular formula is C10H21NO2. The van der Waals surface area contributed by atoms with E-state index >= 15 is 0 Å². The van der Waals surface area contributed by atoms with Crippen molar-refractivity contribution < 1.29 is 9.84 Å². The average Bonchev–Trinajstić information content (AvgIpc) is 1.99. The Morgan fingerprint density at radius 2 is 1.92 bits per heavy atom.